The van der Waals surface area contributed by atoms with Crippen LogP contribution in [0, 0.1) is 0 Å². The van der Waals surface area contributed by atoms with Crippen molar-refractivity contribution < 1.29 is 4.74 Å². The van der Waals surface area contributed by atoms with Crippen LogP contribution in [0.3, 0.4) is 0 Å². The van der Waals surface area contributed by atoms with E-state index in [1.807, 2.05) is 30.3 Å². The van der Waals surface area contributed by atoms with Crippen molar-refractivity contribution in [1.29, 1.82) is 0 Å². The molecule has 4 aromatic rings. The number of nitrogens with one attached hydrogen (secondary N) is 2. The number of fused-ring (bicyclic) bond motifs is 4. The van der Waals surface area contributed by atoms with Gasteiger partial charge in [-0.3, -0.25) is 0 Å². The standard InChI is InChI=1S/C27H22N2O/c1-27(2)19-7-3-4-8-21(19)28-23-15-17(11-13-20(23)27)18-12-14-26-24(16-18)29-22-9-5-6-10-25(22)30-26/h3-16,28-29H,1-2H3. The largest absolute Gasteiger partial charge is 0.453 e. The van der Waals surface area contributed by atoms with Crippen LogP contribution in [0.15, 0.2) is 84.9 Å². The second-order valence-corrected chi connectivity index (χ2v) is 8.49. The first-order chi connectivity index (χ1) is 14.6. The van der Waals surface area contributed by atoms with E-state index in [0.717, 1.165) is 28.4 Å². The van der Waals surface area contributed by atoms with Gasteiger partial charge in [0.25, 0.3) is 0 Å². The van der Waals surface area contributed by atoms with E-state index in [-0.39, 0.29) is 5.41 Å². The van der Waals surface area contributed by atoms with Crippen LogP contribution in [0.5, 0.6) is 11.5 Å². The SMILES string of the molecule is CC1(C)c2ccccc2Nc2cc(-c3ccc4c(c3)Nc3ccccc3O4)ccc21. The van der Waals surface area contributed by atoms with Gasteiger partial charge in [-0.05, 0) is 58.7 Å². The summed E-state index contributed by atoms with van der Waals surface area (Å²) in [6.45, 7) is 4.59. The van der Waals surface area contributed by atoms with Crippen molar-refractivity contribution in [2.24, 2.45) is 0 Å². The second-order valence-electron chi connectivity index (χ2n) is 8.49. The maximum absolute atomic E-state index is 6.05. The highest BCUT2D eigenvalue weighted by Crippen LogP contribution is 2.47. The van der Waals surface area contributed by atoms with Crippen LogP contribution in [0.2, 0.25) is 0 Å². The predicted molar refractivity (Wildman–Crippen MR) is 124 cm³/mol. The Hall–Kier alpha value is -3.72. The molecule has 3 nitrogen and oxygen atoms in total. The van der Waals surface area contributed by atoms with Gasteiger partial charge in [0.15, 0.2) is 11.5 Å². The van der Waals surface area contributed by atoms with E-state index < -0.39 is 0 Å². The predicted octanol–water partition coefficient (Wildman–Crippen LogP) is 7.59. The van der Waals surface area contributed by atoms with Crippen molar-refractivity contribution in [2.45, 2.75) is 19.3 Å². The van der Waals surface area contributed by atoms with Gasteiger partial charge in [-0.15, -0.1) is 0 Å². The molecule has 0 amide bonds. The summed E-state index contributed by atoms with van der Waals surface area (Å²) in [6.07, 6.45) is 0. The highest BCUT2D eigenvalue weighted by molar-refractivity contribution is 5.83. The average Bonchev–Trinajstić information content (AvgIpc) is 2.77. The quantitative estimate of drug-likeness (QED) is 0.309. The van der Waals surface area contributed by atoms with E-state index in [1.54, 1.807) is 0 Å². The number of rotatable bonds is 1. The van der Waals surface area contributed by atoms with Crippen molar-refractivity contribution in [1.82, 2.24) is 0 Å². The Labute approximate surface area is 176 Å². The molecule has 0 spiro atoms. The van der Waals surface area contributed by atoms with Crippen molar-refractivity contribution >= 4 is 22.7 Å². The lowest BCUT2D eigenvalue weighted by Crippen LogP contribution is -2.25. The first-order valence-corrected chi connectivity index (χ1v) is 10.3. The van der Waals surface area contributed by atoms with Crippen LogP contribution in [0.1, 0.15) is 25.0 Å². The van der Waals surface area contributed by atoms with E-state index in [2.05, 4.69) is 79.1 Å². The molecule has 0 fully saturated rings. The molecule has 0 aliphatic carbocycles. The molecule has 0 atom stereocenters. The van der Waals surface area contributed by atoms with E-state index in [4.69, 9.17) is 4.74 Å². The number of para-hydroxylation sites is 3. The number of hydrogen-bond donors (Lipinski definition) is 2. The fraction of sp³-hybridized carbons (Fsp3) is 0.111. The monoisotopic (exact) mass is 390 g/mol. The van der Waals surface area contributed by atoms with Gasteiger partial charge in [0.05, 0.1) is 11.4 Å². The maximum atomic E-state index is 6.05. The first kappa shape index (κ1) is 17.2. The Balaban J connectivity index is 1.40. The minimum absolute atomic E-state index is 0.0370. The molecule has 2 aliphatic rings. The number of benzene rings is 4. The Kier molecular flexibility index (Phi) is 3.51. The summed E-state index contributed by atoms with van der Waals surface area (Å²) in [7, 11) is 0. The molecule has 30 heavy (non-hydrogen) atoms. The second kappa shape index (κ2) is 6.14. The van der Waals surface area contributed by atoms with E-state index in [0.29, 0.717) is 0 Å². The van der Waals surface area contributed by atoms with Gasteiger partial charge < -0.3 is 15.4 Å². The highest BCUT2D eigenvalue weighted by atomic mass is 16.5. The molecule has 0 saturated heterocycles. The van der Waals surface area contributed by atoms with Crippen LogP contribution in [0.25, 0.3) is 11.1 Å². The summed E-state index contributed by atoms with van der Waals surface area (Å²) < 4.78 is 6.05. The average molecular weight is 390 g/mol. The molecule has 6 rings (SSSR count). The third-order valence-electron chi connectivity index (χ3n) is 6.25. The van der Waals surface area contributed by atoms with Crippen LogP contribution in [-0.2, 0) is 5.41 Å². The Morgan fingerprint density at radius 2 is 1.17 bits per heavy atom. The van der Waals surface area contributed by atoms with Crippen molar-refractivity contribution in [2.75, 3.05) is 10.6 Å². The molecule has 0 radical (unpaired) electrons. The molecule has 3 heteroatoms. The van der Waals surface area contributed by atoms with Crippen molar-refractivity contribution in [3.8, 4) is 22.6 Å². The fourth-order valence-electron chi connectivity index (χ4n) is 4.62. The lowest BCUT2D eigenvalue weighted by molar-refractivity contribution is 0.481. The topological polar surface area (TPSA) is 33.3 Å². The third-order valence-corrected chi connectivity index (χ3v) is 6.25. The smallest absolute Gasteiger partial charge is 0.151 e. The minimum atomic E-state index is -0.0370. The van der Waals surface area contributed by atoms with Crippen molar-refractivity contribution in [3.05, 3.63) is 96.1 Å². The first-order valence-electron chi connectivity index (χ1n) is 10.3. The molecule has 146 valence electrons. The molecular weight excluding hydrogens is 368 g/mol. The molecule has 4 aromatic carbocycles. The number of hydrogen-bond acceptors (Lipinski definition) is 3. The van der Waals surface area contributed by atoms with Crippen LogP contribution < -0.4 is 15.4 Å². The molecule has 0 unspecified atom stereocenters. The summed E-state index contributed by atoms with van der Waals surface area (Å²) >= 11 is 0. The maximum Gasteiger partial charge on any atom is 0.151 e. The summed E-state index contributed by atoms with van der Waals surface area (Å²) in [5, 5.41) is 7.14. The van der Waals surface area contributed by atoms with Crippen LogP contribution >= 0.6 is 0 Å². The Morgan fingerprint density at radius 3 is 2.03 bits per heavy atom. The van der Waals surface area contributed by atoms with Gasteiger partial charge in [-0.1, -0.05) is 62.4 Å². The lowest BCUT2D eigenvalue weighted by atomic mass is 9.74. The van der Waals surface area contributed by atoms with Gasteiger partial charge in [0.1, 0.15) is 0 Å². The molecule has 2 aliphatic heterocycles. The number of ether oxygens (including phenoxy) is 1. The molecule has 2 heterocycles. The summed E-state index contributed by atoms with van der Waals surface area (Å²) in [5.74, 6) is 1.71. The van der Waals surface area contributed by atoms with Crippen LogP contribution in [0.4, 0.5) is 22.7 Å². The van der Waals surface area contributed by atoms with E-state index >= 15 is 0 Å². The minimum Gasteiger partial charge on any atom is -0.453 e. The van der Waals surface area contributed by atoms with Gasteiger partial charge in [0.2, 0.25) is 0 Å². The summed E-state index contributed by atoms with van der Waals surface area (Å²) in [6, 6.07) is 29.6. The van der Waals surface area contributed by atoms with Gasteiger partial charge >= 0.3 is 0 Å². The fourth-order valence-corrected chi connectivity index (χ4v) is 4.62. The van der Waals surface area contributed by atoms with Gasteiger partial charge in [0, 0.05) is 16.8 Å². The normalized spacial score (nSPS) is 14.7. The molecular formula is C27H22N2O. The Morgan fingerprint density at radius 1 is 0.567 bits per heavy atom. The Bertz CT molecular complexity index is 1310. The number of anilines is 4. The molecule has 2 N–H and O–H groups in total. The lowest BCUT2D eigenvalue weighted by Gasteiger charge is -2.36. The van der Waals surface area contributed by atoms with Crippen LogP contribution in [-0.4, -0.2) is 0 Å². The molecule has 0 bridgehead atoms. The highest BCUT2D eigenvalue weighted by Gasteiger charge is 2.32. The van der Waals surface area contributed by atoms with Gasteiger partial charge in [-0.2, -0.15) is 0 Å². The molecule has 0 aromatic heterocycles. The zero-order chi connectivity index (χ0) is 20.3. The van der Waals surface area contributed by atoms with Gasteiger partial charge in [-0.25, -0.2) is 0 Å². The van der Waals surface area contributed by atoms with Crippen molar-refractivity contribution in [3.63, 3.8) is 0 Å². The summed E-state index contributed by atoms with van der Waals surface area (Å²) in [5.41, 5.74) is 9.29. The zero-order valence-corrected chi connectivity index (χ0v) is 17.0. The zero-order valence-electron chi connectivity index (χ0n) is 17.0. The van der Waals surface area contributed by atoms with E-state index in [9.17, 15) is 0 Å². The third kappa shape index (κ3) is 2.52. The van der Waals surface area contributed by atoms with E-state index in [1.165, 1.54) is 28.1 Å². The summed E-state index contributed by atoms with van der Waals surface area (Å²) in [4.78, 5) is 0. The molecule has 0 saturated carbocycles.